The van der Waals surface area contributed by atoms with E-state index in [1.165, 1.54) is 6.08 Å². The predicted octanol–water partition coefficient (Wildman–Crippen LogP) is 3.80. The largest absolute Gasteiger partial charge is 0.488 e. The zero-order valence-corrected chi connectivity index (χ0v) is 25.0. The van der Waals surface area contributed by atoms with Gasteiger partial charge in [-0.25, -0.2) is 4.99 Å². The number of rotatable bonds is 4. The molecule has 5 heterocycles. The SMILES string of the molecule is C=CC(=O)N1C[C@H](C)N(C2=NC(O)N3c4c2cc(Cl)c(-c2c(C)ccc5[nH]ncc25)c4OC[C@H]3Cn2cccn2)C[C@H]1C. The molecular formula is C31H33ClN8O3. The molecule has 1 fully saturated rings. The zero-order chi connectivity index (χ0) is 30.0. The average Bonchev–Trinajstić information content (AvgIpc) is 3.69. The molecule has 1 amide bonds. The highest BCUT2D eigenvalue weighted by atomic mass is 35.5. The summed E-state index contributed by atoms with van der Waals surface area (Å²) in [6, 6.07) is 7.44. The first-order valence-electron chi connectivity index (χ1n) is 14.4. The number of carbonyl (C=O) groups excluding carboxylic acids is 1. The number of nitrogens with zero attached hydrogens (tertiary/aromatic N) is 7. The van der Waals surface area contributed by atoms with E-state index in [4.69, 9.17) is 21.3 Å². The van der Waals surface area contributed by atoms with Crippen molar-refractivity contribution in [1.29, 1.82) is 0 Å². The van der Waals surface area contributed by atoms with Crippen LogP contribution in [0.1, 0.15) is 25.0 Å². The first-order chi connectivity index (χ1) is 20.8. The minimum Gasteiger partial charge on any atom is -0.488 e. The molecule has 3 aliphatic heterocycles. The highest BCUT2D eigenvalue weighted by Crippen LogP contribution is 2.52. The number of fused-ring (bicyclic) bond motifs is 1. The summed E-state index contributed by atoms with van der Waals surface area (Å²) in [4.78, 5) is 23.3. The molecule has 4 aromatic rings. The molecule has 0 bridgehead atoms. The van der Waals surface area contributed by atoms with Crippen molar-refractivity contribution in [3.8, 4) is 16.9 Å². The second kappa shape index (κ2) is 10.4. The Bertz CT molecular complexity index is 1770. The summed E-state index contributed by atoms with van der Waals surface area (Å²) >= 11 is 7.19. The number of nitrogens with one attached hydrogen (secondary N) is 1. The number of carbonyl (C=O) groups is 1. The lowest BCUT2D eigenvalue weighted by atomic mass is 9.91. The van der Waals surface area contributed by atoms with E-state index >= 15 is 0 Å². The number of aliphatic hydroxyl groups is 1. The van der Waals surface area contributed by atoms with Gasteiger partial charge in [-0.1, -0.05) is 24.2 Å². The maximum absolute atomic E-state index is 12.5. The molecule has 0 spiro atoms. The summed E-state index contributed by atoms with van der Waals surface area (Å²) in [5.74, 6) is 1.13. The number of aryl methyl sites for hydroxylation is 1. The highest BCUT2D eigenvalue weighted by Gasteiger charge is 2.44. The normalized spacial score (nSPS) is 23.2. The van der Waals surface area contributed by atoms with Crippen LogP contribution in [0.2, 0.25) is 5.02 Å². The van der Waals surface area contributed by atoms with Gasteiger partial charge < -0.3 is 24.5 Å². The molecule has 2 aromatic heterocycles. The first-order valence-corrected chi connectivity index (χ1v) is 14.8. The molecule has 1 unspecified atom stereocenters. The quantitative estimate of drug-likeness (QED) is 0.342. The van der Waals surface area contributed by atoms with Crippen molar-refractivity contribution in [3.63, 3.8) is 0 Å². The molecule has 12 heteroatoms. The van der Waals surface area contributed by atoms with Crippen LogP contribution in [-0.4, -0.2) is 90.8 Å². The Balaban J connectivity index is 1.40. The van der Waals surface area contributed by atoms with Crippen LogP contribution in [0.5, 0.6) is 5.75 Å². The third-order valence-corrected chi connectivity index (χ3v) is 9.06. The van der Waals surface area contributed by atoms with Crippen molar-refractivity contribution in [2.24, 2.45) is 4.99 Å². The van der Waals surface area contributed by atoms with Gasteiger partial charge >= 0.3 is 0 Å². The fraction of sp³-hybridized carbons (Fsp3) is 0.355. The van der Waals surface area contributed by atoms with Crippen LogP contribution in [0.25, 0.3) is 22.0 Å². The predicted molar refractivity (Wildman–Crippen MR) is 165 cm³/mol. The molecule has 1 saturated heterocycles. The summed E-state index contributed by atoms with van der Waals surface area (Å²) in [5, 5.41) is 24.9. The summed E-state index contributed by atoms with van der Waals surface area (Å²) < 4.78 is 8.46. The molecule has 11 nitrogen and oxygen atoms in total. The molecule has 0 saturated carbocycles. The third kappa shape index (κ3) is 4.37. The minimum atomic E-state index is -1.17. The van der Waals surface area contributed by atoms with E-state index in [0.29, 0.717) is 42.8 Å². The van der Waals surface area contributed by atoms with Gasteiger partial charge in [0.2, 0.25) is 12.3 Å². The highest BCUT2D eigenvalue weighted by molar-refractivity contribution is 6.35. The topological polar surface area (TPSA) is 115 Å². The lowest BCUT2D eigenvalue weighted by Gasteiger charge is -2.49. The third-order valence-electron chi connectivity index (χ3n) is 8.76. The van der Waals surface area contributed by atoms with Crippen molar-refractivity contribution in [2.45, 2.75) is 51.8 Å². The summed E-state index contributed by atoms with van der Waals surface area (Å²) in [7, 11) is 0. The lowest BCUT2D eigenvalue weighted by Crippen LogP contribution is -2.61. The van der Waals surface area contributed by atoms with Gasteiger partial charge in [0.15, 0.2) is 5.75 Å². The number of H-pyrrole nitrogens is 1. The Morgan fingerprint density at radius 1 is 1.26 bits per heavy atom. The van der Waals surface area contributed by atoms with Crippen molar-refractivity contribution in [3.05, 3.63) is 71.7 Å². The Morgan fingerprint density at radius 2 is 2.09 bits per heavy atom. The monoisotopic (exact) mass is 600 g/mol. The van der Waals surface area contributed by atoms with Crippen LogP contribution in [0.3, 0.4) is 0 Å². The van der Waals surface area contributed by atoms with Crippen LogP contribution in [0.15, 0.2) is 60.5 Å². The van der Waals surface area contributed by atoms with Crippen LogP contribution >= 0.6 is 11.6 Å². The molecular weight excluding hydrogens is 568 g/mol. The number of hydrogen-bond donors (Lipinski definition) is 2. The number of aromatic amines is 1. The Morgan fingerprint density at radius 3 is 2.86 bits per heavy atom. The fourth-order valence-electron chi connectivity index (χ4n) is 6.70. The number of ether oxygens (including phenoxy) is 1. The zero-order valence-electron chi connectivity index (χ0n) is 24.2. The van der Waals surface area contributed by atoms with E-state index in [-0.39, 0.29) is 24.0 Å². The van der Waals surface area contributed by atoms with Crippen molar-refractivity contribution in [2.75, 3.05) is 24.6 Å². The van der Waals surface area contributed by atoms with Gasteiger partial charge in [-0.2, -0.15) is 10.2 Å². The molecule has 43 heavy (non-hydrogen) atoms. The summed E-state index contributed by atoms with van der Waals surface area (Å²) in [6.07, 6.45) is 5.62. The molecule has 0 radical (unpaired) electrons. The number of aliphatic imine (C=N–C) groups is 1. The number of aliphatic hydroxyl groups excluding tert-OH is 1. The Hall–Kier alpha value is -4.35. The van der Waals surface area contributed by atoms with Crippen LogP contribution in [0, 0.1) is 6.92 Å². The van der Waals surface area contributed by atoms with E-state index < -0.39 is 6.35 Å². The summed E-state index contributed by atoms with van der Waals surface area (Å²) in [6.45, 7) is 11.6. The van der Waals surface area contributed by atoms with E-state index in [2.05, 4.69) is 33.7 Å². The summed E-state index contributed by atoms with van der Waals surface area (Å²) in [5.41, 5.74) is 5.11. The van der Waals surface area contributed by atoms with Gasteiger partial charge in [-0.05, 0) is 50.6 Å². The average molecular weight is 601 g/mol. The van der Waals surface area contributed by atoms with E-state index in [9.17, 15) is 9.90 Å². The van der Waals surface area contributed by atoms with Gasteiger partial charge in [-0.3, -0.25) is 14.6 Å². The molecule has 4 atom stereocenters. The number of halogens is 1. The molecule has 2 aromatic carbocycles. The van der Waals surface area contributed by atoms with Gasteiger partial charge in [0.05, 0.1) is 35.0 Å². The number of hydrogen-bond acceptors (Lipinski definition) is 8. The standard InChI is InChI=1S/C31H33ClN8O3/c1-5-25(41)38-13-19(4)39(14-18(38)3)30-21-11-23(32)27(26-17(2)7-8-24-22(26)12-33-36-24)29-28(21)40(31(42)35-30)20(16-43-29)15-37-10-6-9-34-37/h5-12,18-20,31,42H,1,13-16H2,2-4H3,(H,33,36)/t18-,19+,20-,31?/m1/s1. The van der Waals surface area contributed by atoms with Gasteiger partial charge in [0.25, 0.3) is 0 Å². The van der Waals surface area contributed by atoms with Gasteiger partial charge in [0.1, 0.15) is 12.4 Å². The van der Waals surface area contributed by atoms with Crippen LogP contribution in [0.4, 0.5) is 5.69 Å². The van der Waals surface area contributed by atoms with E-state index in [1.54, 1.807) is 12.4 Å². The molecule has 2 N–H and O–H groups in total. The number of anilines is 1. The number of amidine groups is 1. The van der Waals surface area contributed by atoms with Crippen LogP contribution < -0.4 is 9.64 Å². The first kappa shape index (κ1) is 27.5. The maximum atomic E-state index is 12.5. The van der Waals surface area contributed by atoms with Crippen molar-refractivity contribution < 1.29 is 14.6 Å². The van der Waals surface area contributed by atoms with E-state index in [0.717, 1.165) is 38.8 Å². The van der Waals surface area contributed by atoms with E-state index in [1.807, 2.05) is 58.8 Å². The number of benzene rings is 2. The molecule has 0 aliphatic carbocycles. The van der Waals surface area contributed by atoms with Gasteiger partial charge in [0, 0.05) is 59.6 Å². The van der Waals surface area contributed by atoms with Crippen LogP contribution in [-0.2, 0) is 11.3 Å². The second-order valence-corrected chi connectivity index (χ2v) is 11.9. The minimum absolute atomic E-state index is 0.0713. The Labute approximate surface area is 254 Å². The molecule has 3 aliphatic rings. The number of amides is 1. The van der Waals surface area contributed by atoms with Crippen molar-refractivity contribution in [1.82, 2.24) is 29.8 Å². The number of aromatic nitrogens is 4. The maximum Gasteiger partial charge on any atom is 0.246 e. The second-order valence-electron chi connectivity index (χ2n) is 11.5. The van der Waals surface area contributed by atoms with Gasteiger partial charge in [-0.15, -0.1) is 0 Å². The Kier molecular flexibility index (Phi) is 6.66. The molecule has 7 rings (SSSR count). The fourth-order valence-corrected chi connectivity index (χ4v) is 6.99. The van der Waals surface area contributed by atoms with Crippen molar-refractivity contribution >= 4 is 39.9 Å². The number of piperazine rings is 1. The molecule has 222 valence electrons. The lowest BCUT2D eigenvalue weighted by molar-refractivity contribution is -0.130. The smallest absolute Gasteiger partial charge is 0.246 e.